The van der Waals surface area contributed by atoms with E-state index in [1.807, 2.05) is 27.7 Å². The Morgan fingerprint density at radius 3 is 2.59 bits per heavy atom. The molecule has 0 spiro atoms. The van der Waals surface area contributed by atoms with E-state index >= 15 is 0 Å². The van der Waals surface area contributed by atoms with Gasteiger partial charge >= 0.3 is 12.1 Å². The molecule has 0 aromatic heterocycles. The van der Waals surface area contributed by atoms with Gasteiger partial charge in [-0.3, -0.25) is 9.59 Å². The summed E-state index contributed by atoms with van der Waals surface area (Å²) in [4.78, 5) is 36.5. The SMILES string of the molecule is CC[C@](C)(CCOC(C)=O)CC(=O)N1C(=O)OC[C@@H]1C(C)C. The highest BCUT2D eigenvalue weighted by Gasteiger charge is 2.41. The van der Waals surface area contributed by atoms with Crippen molar-refractivity contribution in [2.24, 2.45) is 11.3 Å². The number of amides is 2. The zero-order valence-corrected chi connectivity index (χ0v) is 14.2. The molecule has 2 atom stereocenters. The van der Waals surface area contributed by atoms with E-state index in [2.05, 4.69) is 0 Å². The third-order valence-electron chi connectivity index (χ3n) is 4.39. The number of carbonyl (C=O) groups is 3. The van der Waals surface area contributed by atoms with Gasteiger partial charge in [-0.15, -0.1) is 0 Å². The number of carbonyl (C=O) groups excluding carboxylic acids is 3. The van der Waals surface area contributed by atoms with Crippen molar-refractivity contribution in [2.45, 2.75) is 59.9 Å². The molecule has 0 aromatic carbocycles. The van der Waals surface area contributed by atoms with E-state index in [0.29, 0.717) is 6.42 Å². The number of nitrogens with zero attached hydrogens (tertiary/aromatic N) is 1. The fourth-order valence-corrected chi connectivity index (χ4v) is 2.50. The lowest BCUT2D eigenvalue weighted by molar-refractivity contribution is -0.141. The maximum absolute atomic E-state index is 12.6. The standard InChI is InChI=1S/C16H27NO5/c1-6-16(5,7-8-21-12(4)18)9-14(19)17-13(11(2)3)10-22-15(17)20/h11,13H,6-10H2,1-5H3/t13-,16-/m1/s1. The van der Waals surface area contributed by atoms with Crippen molar-refractivity contribution < 1.29 is 23.9 Å². The van der Waals surface area contributed by atoms with Gasteiger partial charge in [-0.05, 0) is 17.8 Å². The zero-order valence-electron chi connectivity index (χ0n) is 14.2. The molecule has 6 heteroatoms. The Morgan fingerprint density at radius 2 is 2.09 bits per heavy atom. The third-order valence-corrected chi connectivity index (χ3v) is 4.39. The van der Waals surface area contributed by atoms with E-state index in [0.717, 1.165) is 6.42 Å². The van der Waals surface area contributed by atoms with Gasteiger partial charge in [0.2, 0.25) is 5.91 Å². The molecule has 0 aliphatic carbocycles. The van der Waals surface area contributed by atoms with Crippen molar-refractivity contribution >= 4 is 18.0 Å². The van der Waals surface area contributed by atoms with Gasteiger partial charge < -0.3 is 9.47 Å². The Hall–Kier alpha value is -1.59. The maximum Gasteiger partial charge on any atom is 0.416 e. The molecule has 2 amide bonds. The number of imide groups is 1. The summed E-state index contributed by atoms with van der Waals surface area (Å²) >= 11 is 0. The van der Waals surface area contributed by atoms with Gasteiger partial charge in [-0.25, -0.2) is 9.69 Å². The second kappa shape index (κ2) is 7.61. The third kappa shape index (κ3) is 4.71. The number of ether oxygens (including phenoxy) is 2. The van der Waals surface area contributed by atoms with Crippen LogP contribution in [-0.2, 0) is 19.1 Å². The van der Waals surface area contributed by atoms with E-state index in [-0.39, 0.29) is 48.9 Å². The van der Waals surface area contributed by atoms with E-state index in [1.165, 1.54) is 11.8 Å². The van der Waals surface area contributed by atoms with E-state index in [4.69, 9.17) is 9.47 Å². The van der Waals surface area contributed by atoms with Crippen LogP contribution < -0.4 is 0 Å². The van der Waals surface area contributed by atoms with Crippen molar-refractivity contribution in [3.63, 3.8) is 0 Å². The molecular formula is C16H27NO5. The average molecular weight is 313 g/mol. The Labute approximate surface area is 132 Å². The van der Waals surface area contributed by atoms with Gasteiger partial charge in [-0.2, -0.15) is 0 Å². The summed E-state index contributed by atoms with van der Waals surface area (Å²) in [5.74, 6) is -0.384. The minimum atomic E-state index is -0.554. The molecule has 0 radical (unpaired) electrons. The minimum Gasteiger partial charge on any atom is -0.466 e. The van der Waals surface area contributed by atoms with Crippen molar-refractivity contribution in [1.29, 1.82) is 0 Å². The molecule has 1 aliphatic rings. The molecule has 0 aromatic rings. The normalized spacial score (nSPS) is 20.7. The summed E-state index contributed by atoms with van der Waals surface area (Å²) in [6.45, 7) is 9.80. The predicted molar refractivity (Wildman–Crippen MR) is 81.1 cm³/mol. The zero-order chi connectivity index (χ0) is 16.9. The lowest BCUT2D eigenvalue weighted by atomic mass is 9.80. The second-order valence-corrected chi connectivity index (χ2v) is 6.58. The maximum atomic E-state index is 12.6. The average Bonchev–Trinajstić information content (AvgIpc) is 2.80. The molecule has 0 bridgehead atoms. The Balaban J connectivity index is 2.70. The highest BCUT2D eigenvalue weighted by molar-refractivity contribution is 5.93. The number of esters is 1. The van der Waals surface area contributed by atoms with Gasteiger partial charge in [0, 0.05) is 13.3 Å². The number of hydrogen-bond donors (Lipinski definition) is 0. The number of rotatable bonds is 7. The van der Waals surface area contributed by atoms with Crippen LogP contribution >= 0.6 is 0 Å². The quantitative estimate of drug-likeness (QED) is 0.676. The van der Waals surface area contributed by atoms with Crippen LogP contribution in [0.5, 0.6) is 0 Å². The Morgan fingerprint density at radius 1 is 1.45 bits per heavy atom. The fourth-order valence-electron chi connectivity index (χ4n) is 2.50. The summed E-state index contributed by atoms with van der Waals surface area (Å²) in [7, 11) is 0. The second-order valence-electron chi connectivity index (χ2n) is 6.58. The van der Waals surface area contributed by atoms with E-state index in [9.17, 15) is 14.4 Å². The molecule has 126 valence electrons. The minimum absolute atomic E-state index is 0.157. The molecule has 0 N–H and O–H groups in total. The number of hydrogen-bond acceptors (Lipinski definition) is 5. The van der Waals surface area contributed by atoms with Crippen LogP contribution in [0.1, 0.15) is 53.9 Å². The highest BCUT2D eigenvalue weighted by Crippen LogP contribution is 2.32. The van der Waals surface area contributed by atoms with Crippen LogP contribution in [0.3, 0.4) is 0 Å². The van der Waals surface area contributed by atoms with Crippen LogP contribution in [-0.4, -0.2) is 42.1 Å². The van der Waals surface area contributed by atoms with E-state index < -0.39 is 6.09 Å². The van der Waals surface area contributed by atoms with Gasteiger partial charge in [0.15, 0.2) is 0 Å². The first-order chi connectivity index (χ1) is 10.2. The summed E-state index contributed by atoms with van der Waals surface area (Å²) < 4.78 is 9.99. The lowest BCUT2D eigenvalue weighted by Gasteiger charge is -2.30. The Kier molecular flexibility index (Phi) is 6.38. The van der Waals surface area contributed by atoms with E-state index in [1.54, 1.807) is 0 Å². The lowest BCUT2D eigenvalue weighted by Crippen LogP contribution is -2.43. The van der Waals surface area contributed by atoms with Crippen molar-refractivity contribution in [3.8, 4) is 0 Å². The molecule has 1 saturated heterocycles. The molecule has 0 unspecified atom stereocenters. The van der Waals surface area contributed by atoms with Crippen LogP contribution in [0.2, 0.25) is 0 Å². The highest BCUT2D eigenvalue weighted by atomic mass is 16.6. The predicted octanol–water partition coefficient (Wildman–Crippen LogP) is 2.75. The summed E-state index contributed by atoms with van der Waals surface area (Å²) in [6, 6.07) is -0.199. The van der Waals surface area contributed by atoms with Gasteiger partial charge in [0.1, 0.15) is 6.61 Å². The molecule has 1 fully saturated rings. The van der Waals surface area contributed by atoms with Gasteiger partial charge in [0.25, 0.3) is 0 Å². The summed E-state index contributed by atoms with van der Waals surface area (Å²) in [5.41, 5.74) is -0.309. The first-order valence-corrected chi connectivity index (χ1v) is 7.82. The summed E-state index contributed by atoms with van der Waals surface area (Å²) in [6.07, 6.45) is 1.03. The topological polar surface area (TPSA) is 72.9 Å². The molecule has 0 saturated carbocycles. The van der Waals surface area contributed by atoms with Crippen LogP contribution in [0.4, 0.5) is 4.79 Å². The first-order valence-electron chi connectivity index (χ1n) is 7.82. The fraction of sp³-hybridized carbons (Fsp3) is 0.812. The van der Waals surface area contributed by atoms with Gasteiger partial charge in [-0.1, -0.05) is 34.1 Å². The molecular weight excluding hydrogens is 286 g/mol. The van der Waals surface area contributed by atoms with Crippen molar-refractivity contribution in [3.05, 3.63) is 0 Å². The smallest absolute Gasteiger partial charge is 0.416 e. The van der Waals surface area contributed by atoms with Crippen molar-refractivity contribution in [2.75, 3.05) is 13.2 Å². The molecule has 1 rings (SSSR count). The first kappa shape index (κ1) is 18.5. The molecule has 22 heavy (non-hydrogen) atoms. The van der Waals surface area contributed by atoms with Gasteiger partial charge in [0.05, 0.1) is 12.6 Å². The largest absolute Gasteiger partial charge is 0.466 e. The van der Waals surface area contributed by atoms with Crippen molar-refractivity contribution in [1.82, 2.24) is 4.90 Å². The molecule has 1 aliphatic heterocycles. The Bertz CT molecular complexity index is 434. The van der Waals surface area contributed by atoms with Crippen LogP contribution in [0, 0.1) is 11.3 Å². The number of cyclic esters (lactones) is 1. The molecule has 1 heterocycles. The van der Waals surface area contributed by atoms with Crippen LogP contribution in [0.15, 0.2) is 0 Å². The molecule has 6 nitrogen and oxygen atoms in total. The van der Waals surface area contributed by atoms with Crippen LogP contribution in [0.25, 0.3) is 0 Å². The monoisotopic (exact) mass is 313 g/mol. The summed E-state index contributed by atoms with van der Waals surface area (Å²) in [5, 5.41) is 0.